The van der Waals surface area contributed by atoms with Crippen LogP contribution in [0.15, 0.2) is 24.3 Å². The second-order valence-electron chi connectivity index (χ2n) is 4.37. The first-order valence-corrected chi connectivity index (χ1v) is 5.98. The molecule has 0 saturated heterocycles. The van der Waals surface area contributed by atoms with Crippen molar-refractivity contribution in [1.29, 1.82) is 0 Å². The van der Waals surface area contributed by atoms with Gasteiger partial charge < -0.3 is 9.47 Å². The van der Waals surface area contributed by atoms with Crippen molar-refractivity contribution < 1.29 is 9.47 Å². The summed E-state index contributed by atoms with van der Waals surface area (Å²) in [6.07, 6.45) is 2.53. The van der Waals surface area contributed by atoms with Crippen LogP contribution in [0.5, 0.6) is 11.5 Å². The monoisotopic (exact) mass is 222 g/mol. The lowest BCUT2D eigenvalue weighted by Gasteiger charge is -2.22. The van der Waals surface area contributed by atoms with Gasteiger partial charge in [-0.25, -0.2) is 0 Å². The quantitative estimate of drug-likeness (QED) is 0.726. The summed E-state index contributed by atoms with van der Waals surface area (Å²) < 4.78 is 11.2. The number of hydrogen-bond donors (Lipinski definition) is 0. The zero-order chi connectivity index (χ0) is 12.0. The van der Waals surface area contributed by atoms with Gasteiger partial charge in [0.25, 0.3) is 0 Å². The van der Waals surface area contributed by atoms with Crippen LogP contribution in [-0.4, -0.2) is 13.2 Å². The van der Waals surface area contributed by atoms with E-state index in [4.69, 9.17) is 9.47 Å². The fourth-order valence-electron chi connectivity index (χ4n) is 1.66. The van der Waals surface area contributed by atoms with Crippen LogP contribution in [0.4, 0.5) is 0 Å². The molecule has 0 spiro atoms. The van der Waals surface area contributed by atoms with Crippen LogP contribution in [0.25, 0.3) is 0 Å². The Hall–Kier alpha value is -1.18. The molecule has 0 aliphatic heterocycles. The predicted molar refractivity (Wildman–Crippen MR) is 67.2 cm³/mol. The highest BCUT2D eigenvalue weighted by Gasteiger charge is 2.14. The summed E-state index contributed by atoms with van der Waals surface area (Å²) in [5.41, 5.74) is 0. The molecule has 0 aromatic heterocycles. The van der Waals surface area contributed by atoms with E-state index < -0.39 is 0 Å². The lowest BCUT2D eigenvalue weighted by atomic mass is 10.0. The minimum Gasteiger partial charge on any atom is -0.497 e. The van der Waals surface area contributed by atoms with Crippen LogP contribution in [0.3, 0.4) is 0 Å². The van der Waals surface area contributed by atoms with Crippen LogP contribution in [0.2, 0.25) is 0 Å². The summed E-state index contributed by atoms with van der Waals surface area (Å²) in [5.74, 6) is 2.27. The molecule has 1 atom stereocenters. The molecule has 16 heavy (non-hydrogen) atoms. The van der Waals surface area contributed by atoms with E-state index in [2.05, 4.69) is 20.8 Å². The molecule has 0 aliphatic carbocycles. The zero-order valence-corrected chi connectivity index (χ0v) is 10.7. The molecule has 90 valence electrons. The van der Waals surface area contributed by atoms with E-state index in [0.29, 0.717) is 5.92 Å². The fourth-order valence-corrected chi connectivity index (χ4v) is 1.66. The molecule has 1 aromatic rings. The first-order chi connectivity index (χ1) is 7.67. The summed E-state index contributed by atoms with van der Waals surface area (Å²) in [5, 5.41) is 0. The van der Waals surface area contributed by atoms with Crippen molar-refractivity contribution in [1.82, 2.24) is 0 Å². The van der Waals surface area contributed by atoms with E-state index in [-0.39, 0.29) is 6.10 Å². The van der Waals surface area contributed by atoms with Gasteiger partial charge in [-0.1, -0.05) is 33.3 Å². The van der Waals surface area contributed by atoms with Gasteiger partial charge in [0.05, 0.1) is 7.11 Å². The smallest absolute Gasteiger partial charge is 0.123 e. The number of benzene rings is 1. The maximum atomic E-state index is 5.98. The summed E-state index contributed by atoms with van der Waals surface area (Å²) in [6.45, 7) is 6.57. The third kappa shape index (κ3) is 3.76. The molecule has 0 radical (unpaired) electrons. The van der Waals surface area contributed by atoms with Crippen molar-refractivity contribution in [2.75, 3.05) is 7.11 Å². The van der Waals surface area contributed by atoms with E-state index in [1.54, 1.807) is 7.11 Å². The zero-order valence-electron chi connectivity index (χ0n) is 10.7. The molecule has 0 bridgehead atoms. The number of methoxy groups -OCH3 is 1. The van der Waals surface area contributed by atoms with Gasteiger partial charge in [-0.2, -0.15) is 0 Å². The Morgan fingerprint density at radius 2 is 1.88 bits per heavy atom. The van der Waals surface area contributed by atoms with E-state index >= 15 is 0 Å². The van der Waals surface area contributed by atoms with Crippen molar-refractivity contribution >= 4 is 0 Å². The second kappa shape index (κ2) is 6.41. The van der Waals surface area contributed by atoms with E-state index in [1.165, 1.54) is 0 Å². The summed E-state index contributed by atoms with van der Waals surface area (Å²) in [6, 6.07) is 7.80. The molecule has 0 amide bonds. The number of hydrogen-bond acceptors (Lipinski definition) is 2. The first kappa shape index (κ1) is 12.9. The Morgan fingerprint density at radius 3 is 2.44 bits per heavy atom. The molecule has 0 aliphatic rings. The highest BCUT2D eigenvalue weighted by atomic mass is 16.5. The van der Waals surface area contributed by atoms with E-state index in [9.17, 15) is 0 Å². The van der Waals surface area contributed by atoms with Gasteiger partial charge in [0, 0.05) is 6.07 Å². The van der Waals surface area contributed by atoms with Crippen LogP contribution in [0, 0.1) is 5.92 Å². The van der Waals surface area contributed by atoms with Crippen molar-refractivity contribution in [3.63, 3.8) is 0 Å². The van der Waals surface area contributed by atoms with Gasteiger partial charge in [-0.3, -0.25) is 0 Å². The van der Waals surface area contributed by atoms with E-state index in [1.807, 2.05) is 24.3 Å². The highest BCUT2D eigenvalue weighted by molar-refractivity contribution is 5.32. The van der Waals surface area contributed by atoms with Gasteiger partial charge in [0.1, 0.15) is 17.6 Å². The average molecular weight is 222 g/mol. The van der Waals surface area contributed by atoms with Crippen molar-refractivity contribution in [3.8, 4) is 11.5 Å². The lowest BCUT2D eigenvalue weighted by molar-refractivity contribution is 0.140. The third-order valence-electron chi connectivity index (χ3n) is 2.65. The largest absolute Gasteiger partial charge is 0.497 e. The van der Waals surface area contributed by atoms with Crippen LogP contribution < -0.4 is 9.47 Å². The Bertz CT molecular complexity index is 307. The van der Waals surface area contributed by atoms with Crippen LogP contribution in [0.1, 0.15) is 33.6 Å². The summed E-state index contributed by atoms with van der Waals surface area (Å²) in [7, 11) is 1.67. The molecule has 1 aromatic carbocycles. The summed E-state index contributed by atoms with van der Waals surface area (Å²) in [4.78, 5) is 0. The lowest BCUT2D eigenvalue weighted by Crippen LogP contribution is -2.22. The van der Waals surface area contributed by atoms with Crippen LogP contribution in [-0.2, 0) is 0 Å². The Kier molecular flexibility index (Phi) is 5.17. The van der Waals surface area contributed by atoms with E-state index in [0.717, 1.165) is 24.3 Å². The highest BCUT2D eigenvalue weighted by Crippen LogP contribution is 2.23. The van der Waals surface area contributed by atoms with Crippen molar-refractivity contribution in [2.45, 2.75) is 39.7 Å². The molecule has 1 unspecified atom stereocenters. The minimum atomic E-state index is 0.289. The van der Waals surface area contributed by atoms with Gasteiger partial charge >= 0.3 is 0 Å². The van der Waals surface area contributed by atoms with Gasteiger partial charge in [0.2, 0.25) is 0 Å². The van der Waals surface area contributed by atoms with Crippen LogP contribution >= 0.6 is 0 Å². The molecule has 1 rings (SSSR count). The standard InChI is InChI=1S/C14H22O2/c1-5-7-14(11(2)3)16-13-9-6-8-12(10-13)15-4/h6,8-11,14H,5,7H2,1-4H3. The second-order valence-corrected chi connectivity index (χ2v) is 4.37. The van der Waals surface area contributed by atoms with Crippen molar-refractivity contribution in [2.24, 2.45) is 5.92 Å². The summed E-state index contributed by atoms with van der Waals surface area (Å²) >= 11 is 0. The Balaban J connectivity index is 2.68. The van der Waals surface area contributed by atoms with Crippen molar-refractivity contribution in [3.05, 3.63) is 24.3 Å². The molecule has 0 saturated carbocycles. The minimum absolute atomic E-state index is 0.289. The SMILES string of the molecule is CCCC(Oc1cccc(OC)c1)C(C)C. The molecule has 0 fully saturated rings. The molecule has 0 heterocycles. The Labute approximate surface area is 98.6 Å². The molecule has 2 nitrogen and oxygen atoms in total. The van der Waals surface area contributed by atoms with Gasteiger partial charge in [-0.15, -0.1) is 0 Å². The molecular formula is C14H22O2. The van der Waals surface area contributed by atoms with Gasteiger partial charge in [0.15, 0.2) is 0 Å². The maximum Gasteiger partial charge on any atom is 0.123 e. The number of rotatable bonds is 6. The maximum absolute atomic E-state index is 5.98. The van der Waals surface area contributed by atoms with Gasteiger partial charge in [-0.05, 0) is 24.5 Å². The first-order valence-electron chi connectivity index (χ1n) is 5.98. The average Bonchev–Trinajstić information content (AvgIpc) is 2.28. The fraction of sp³-hybridized carbons (Fsp3) is 0.571. The molecular weight excluding hydrogens is 200 g/mol. The third-order valence-corrected chi connectivity index (χ3v) is 2.65. The number of ether oxygens (including phenoxy) is 2. The topological polar surface area (TPSA) is 18.5 Å². The molecule has 0 N–H and O–H groups in total. The normalized spacial score (nSPS) is 12.6. The predicted octanol–water partition coefficient (Wildman–Crippen LogP) is 3.90. The molecule has 2 heteroatoms. The Morgan fingerprint density at radius 1 is 1.19 bits per heavy atom.